The molecule has 0 saturated carbocycles. The zero-order chi connectivity index (χ0) is 9.47. The Bertz CT molecular complexity index is 331. The number of rotatable bonds is 0. The highest BCUT2D eigenvalue weighted by Crippen LogP contribution is 2.42. The van der Waals surface area contributed by atoms with Crippen LogP contribution in [0.25, 0.3) is 0 Å². The summed E-state index contributed by atoms with van der Waals surface area (Å²) >= 11 is 2.43. The molecule has 0 saturated heterocycles. The minimum Gasteiger partial charge on any atom is -0.207 e. The van der Waals surface area contributed by atoms with Gasteiger partial charge < -0.3 is 0 Å². The molecule has 2 heteroatoms. The summed E-state index contributed by atoms with van der Waals surface area (Å²) in [6.07, 6.45) is 3.16. The average molecular weight is 290 g/mol. The predicted molar refractivity (Wildman–Crippen MR) is 60.7 cm³/mol. The SMILES string of the molecule is CC1(I)CCCc2c(F)cccc21. The minimum atomic E-state index is -0.0277. The first-order valence-corrected chi connectivity index (χ1v) is 5.66. The Kier molecular flexibility index (Phi) is 2.34. The molecule has 2 rings (SSSR count). The van der Waals surface area contributed by atoms with Crippen LogP contribution in [0.2, 0.25) is 0 Å². The van der Waals surface area contributed by atoms with E-state index in [0.29, 0.717) is 0 Å². The molecule has 1 aliphatic carbocycles. The first kappa shape index (κ1) is 9.44. The van der Waals surface area contributed by atoms with Gasteiger partial charge in [-0.3, -0.25) is 0 Å². The third kappa shape index (κ3) is 1.60. The Morgan fingerprint density at radius 1 is 1.46 bits per heavy atom. The number of alkyl halides is 1. The molecule has 13 heavy (non-hydrogen) atoms. The van der Waals surface area contributed by atoms with Crippen molar-refractivity contribution in [3.63, 3.8) is 0 Å². The fourth-order valence-corrected chi connectivity index (χ4v) is 2.92. The second-order valence-electron chi connectivity index (χ2n) is 3.82. The molecule has 0 heterocycles. The lowest BCUT2D eigenvalue weighted by molar-refractivity contribution is 0.530. The lowest BCUT2D eigenvalue weighted by Crippen LogP contribution is -2.21. The van der Waals surface area contributed by atoms with E-state index in [1.807, 2.05) is 6.07 Å². The van der Waals surface area contributed by atoms with Crippen molar-refractivity contribution in [1.29, 1.82) is 0 Å². The molecule has 0 N–H and O–H groups in total. The van der Waals surface area contributed by atoms with Crippen molar-refractivity contribution >= 4 is 22.6 Å². The number of hydrogen-bond donors (Lipinski definition) is 0. The Morgan fingerprint density at radius 2 is 2.23 bits per heavy atom. The second kappa shape index (κ2) is 3.23. The van der Waals surface area contributed by atoms with Gasteiger partial charge in [0.05, 0.1) is 0 Å². The van der Waals surface area contributed by atoms with Crippen molar-refractivity contribution in [1.82, 2.24) is 0 Å². The summed E-state index contributed by atoms with van der Waals surface area (Å²) in [4.78, 5) is 0. The summed E-state index contributed by atoms with van der Waals surface area (Å²) in [6.45, 7) is 2.19. The molecule has 0 aromatic heterocycles. The van der Waals surface area contributed by atoms with Crippen LogP contribution in [0.1, 0.15) is 30.9 Å². The lowest BCUT2D eigenvalue weighted by Gasteiger charge is -2.30. The highest BCUT2D eigenvalue weighted by atomic mass is 127. The third-order valence-electron chi connectivity index (χ3n) is 2.75. The lowest BCUT2D eigenvalue weighted by atomic mass is 9.84. The molecule has 0 bridgehead atoms. The summed E-state index contributed by atoms with van der Waals surface area (Å²) in [5, 5.41) is 0. The van der Waals surface area contributed by atoms with Crippen molar-refractivity contribution < 1.29 is 4.39 Å². The summed E-state index contributed by atoms with van der Waals surface area (Å²) in [6, 6.07) is 5.44. The zero-order valence-corrected chi connectivity index (χ0v) is 9.77. The summed E-state index contributed by atoms with van der Waals surface area (Å²) in [5.74, 6) is -0.0277. The smallest absolute Gasteiger partial charge is 0.126 e. The minimum absolute atomic E-state index is 0.0277. The van der Waals surface area contributed by atoms with Crippen LogP contribution in [-0.2, 0) is 9.84 Å². The number of fused-ring (bicyclic) bond motifs is 1. The normalized spacial score (nSPS) is 27.0. The van der Waals surface area contributed by atoms with E-state index >= 15 is 0 Å². The van der Waals surface area contributed by atoms with Crippen molar-refractivity contribution in [3.05, 3.63) is 35.1 Å². The van der Waals surface area contributed by atoms with Gasteiger partial charge in [-0.2, -0.15) is 0 Å². The second-order valence-corrected chi connectivity index (χ2v) is 6.20. The van der Waals surface area contributed by atoms with E-state index in [2.05, 4.69) is 35.6 Å². The van der Waals surface area contributed by atoms with E-state index in [-0.39, 0.29) is 9.24 Å². The van der Waals surface area contributed by atoms with Crippen LogP contribution >= 0.6 is 22.6 Å². The Morgan fingerprint density at radius 3 is 2.92 bits per heavy atom. The van der Waals surface area contributed by atoms with Crippen LogP contribution in [-0.4, -0.2) is 0 Å². The van der Waals surface area contributed by atoms with Crippen LogP contribution in [0, 0.1) is 5.82 Å². The van der Waals surface area contributed by atoms with Crippen LogP contribution in [0.3, 0.4) is 0 Å². The Labute approximate surface area is 91.7 Å². The molecule has 0 fully saturated rings. The van der Waals surface area contributed by atoms with Crippen molar-refractivity contribution in [3.8, 4) is 0 Å². The molecule has 1 aliphatic rings. The summed E-state index contributed by atoms with van der Waals surface area (Å²) in [7, 11) is 0. The largest absolute Gasteiger partial charge is 0.207 e. The van der Waals surface area contributed by atoms with Crippen molar-refractivity contribution in [2.24, 2.45) is 0 Å². The van der Waals surface area contributed by atoms with Gasteiger partial charge in [0, 0.05) is 3.42 Å². The Balaban J connectivity index is 2.58. The molecule has 0 amide bonds. The van der Waals surface area contributed by atoms with Crippen LogP contribution in [0.4, 0.5) is 4.39 Å². The highest BCUT2D eigenvalue weighted by molar-refractivity contribution is 14.1. The quantitative estimate of drug-likeness (QED) is 0.503. The maximum absolute atomic E-state index is 13.4. The molecule has 0 spiro atoms. The van der Waals surface area contributed by atoms with E-state index in [0.717, 1.165) is 24.8 Å². The molecule has 1 aromatic carbocycles. The third-order valence-corrected chi connectivity index (χ3v) is 3.87. The number of hydrogen-bond acceptors (Lipinski definition) is 0. The van der Waals surface area contributed by atoms with Gasteiger partial charge in [-0.15, -0.1) is 0 Å². The zero-order valence-electron chi connectivity index (χ0n) is 7.61. The topological polar surface area (TPSA) is 0 Å². The van der Waals surface area contributed by atoms with Gasteiger partial charge in [0.25, 0.3) is 0 Å². The van der Waals surface area contributed by atoms with E-state index in [1.54, 1.807) is 6.07 Å². The van der Waals surface area contributed by atoms with Gasteiger partial charge in [0.2, 0.25) is 0 Å². The van der Waals surface area contributed by atoms with Crippen LogP contribution in [0.15, 0.2) is 18.2 Å². The summed E-state index contributed by atoms with van der Waals surface area (Å²) < 4.78 is 13.5. The van der Waals surface area contributed by atoms with Crippen molar-refractivity contribution in [2.45, 2.75) is 29.6 Å². The maximum Gasteiger partial charge on any atom is 0.126 e. The van der Waals surface area contributed by atoms with Gasteiger partial charge in [-0.25, -0.2) is 4.39 Å². The monoisotopic (exact) mass is 290 g/mol. The first-order valence-electron chi connectivity index (χ1n) is 4.58. The average Bonchev–Trinajstić information content (AvgIpc) is 2.06. The van der Waals surface area contributed by atoms with Crippen LogP contribution < -0.4 is 0 Å². The van der Waals surface area contributed by atoms with E-state index in [9.17, 15) is 4.39 Å². The van der Waals surface area contributed by atoms with Crippen LogP contribution in [0.5, 0.6) is 0 Å². The molecule has 1 unspecified atom stereocenters. The molecule has 1 aromatic rings. The van der Waals surface area contributed by atoms with Gasteiger partial charge in [-0.1, -0.05) is 34.7 Å². The summed E-state index contributed by atoms with van der Waals surface area (Å²) in [5.41, 5.74) is 2.13. The molecular formula is C11H12FI. The van der Waals surface area contributed by atoms with E-state index in [4.69, 9.17) is 0 Å². The highest BCUT2D eigenvalue weighted by Gasteiger charge is 2.30. The molecule has 1 atom stereocenters. The van der Waals surface area contributed by atoms with E-state index in [1.165, 1.54) is 5.56 Å². The molecule has 70 valence electrons. The fourth-order valence-electron chi connectivity index (χ4n) is 2.03. The number of benzene rings is 1. The van der Waals surface area contributed by atoms with Crippen molar-refractivity contribution in [2.75, 3.05) is 0 Å². The first-order chi connectivity index (χ1) is 6.11. The standard InChI is InChI=1S/C11H12FI/c1-11(13)7-3-4-8-9(11)5-2-6-10(8)12/h2,5-6H,3-4,7H2,1H3. The van der Waals surface area contributed by atoms with E-state index < -0.39 is 0 Å². The fraction of sp³-hybridized carbons (Fsp3) is 0.455. The van der Waals surface area contributed by atoms with Gasteiger partial charge in [0.15, 0.2) is 0 Å². The molecular weight excluding hydrogens is 278 g/mol. The van der Waals surface area contributed by atoms with Gasteiger partial charge >= 0.3 is 0 Å². The van der Waals surface area contributed by atoms with Gasteiger partial charge in [0.1, 0.15) is 5.82 Å². The molecule has 0 aliphatic heterocycles. The maximum atomic E-state index is 13.4. The Hall–Kier alpha value is -0.120. The molecule has 0 nitrogen and oxygen atoms in total. The number of halogens is 2. The predicted octanol–water partition coefficient (Wildman–Crippen LogP) is 3.81. The molecule has 0 radical (unpaired) electrons. The van der Waals surface area contributed by atoms with Gasteiger partial charge in [-0.05, 0) is 43.4 Å².